The lowest BCUT2D eigenvalue weighted by Crippen LogP contribution is -2.39. The van der Waals surface area contributed by atoms with Crippen LogP contribution in [0, 0.1) is 5.92 Å². The predicted molar refractivity (Wildman–Crippen MR) is 112 cm³/mol. The van der Waals surface area contributed by atoms with Crippen molar-refractivity contribution in [1.82, 2.24) is 24.5 Å². The standard InChI is InChI=1S/C23H29N5O/c1-2-27-22(10-12-24-27)23-18(7-6-14-29-23)16-26-13-11-21-19(17-26)15-25-28(21)20-8-4-3-5-9-20/h3-5,8-10,12,15,18,23H,2,6-7,11,13-14,16-17H2,1H3/t18-,23+/m0/s1. The van der Waals surface area contributed by atoms with Gasteiger partial charge in [-0.3, -0.25) is 9.58 Å². The Morgan fingerprint density at radius 2 is 2.03 bits per heavy atom. The zero-order valence-electron chi connectivity index (χ0n) is 17.1. The molecule has 0 unspecified atom stereocenters. The average molecular weight is 392 g/mol. The predicted octanol–water partition coefficient (Wildman–Crippen LogP) is 3.61. The molecule has 1 fully saturated rings. The van der Waals surface area contributed by atoms with Crippen molar-refractivity contribution in [2.45, 2.75) is 45.4 Å². The minimum Gasteiger partial charge on any atom is -0.372 e. The molecule has 0 saturated carbocycles. The third-order valence-corrected chi connectivity index (χ3v) is 6.29. The molecule has 2 atom stereocenters. The largest absolute Gasteiger partial charge is 0.372 e. The maximum atomic E-state index is 6.25. The van der Waals surface area contributed by atoms with Crippen molar-refractivity contribution in [3.63, 3.8) is 0 Å². The summed E-state index contributed by atoms with van der Waals surface area (Å²) in [6, 6.07) is 12.6. The monoisotopic (exact) mass is 391 g/mol. The maximum absolute atomic E-state index is 6.25. The number of hydrogen-bond acceptors (Lipinski definition) is 4. The van der Waals surface area contributed by atoms with Gasteiger partial charge in [-0.1, -0.05) is 18.2 Å². The van der Waals surface area contributed by atoms with Crippen molar-refractivity contribution in [2.75, 3.05) is 19.7 Å². The molecule has 0 amide bonds. The van der Waals surface area contributed by atoms with Gasteiger partial charge in [0.2, 0.25) is 0 Å². The van der Waals surface area contributed by atoms with Gasteiger partial charge in [0.15, 0.2) is 0 Å². The molecule has 6 heteroatoms. The van der Waals surface area contributed by atoms with Crippen LogP contribution >= 0.6 is 0 Å². The molecule has 3 aromatic rings. The van der Waals surface area contributed by atoms with Crippen LogP contribution in [0.15, 0.2) is 48.8 Å². The highest BCUT2D eigenvalue weighted by Gasteiger charge is 2.32. The number of aryl methyl sites for hydroxylation is 1. The molecule has 4 heterocycles. The second-order valence-corrected chi connectivity index (χ2v) is 8.11. The zero-order chi connectivity index (χ0) is 19.6. The molecule has 0 spiro atoms. The van der Waals surface area contributed by atoms with Crippen LogP contribution in [0.5, 0.6) is 0 Å². The first-order valence-corrected chi connectivity index (χ1v) is 10.8. The molecule has 2 aromatic heterocycles. The lowest BCUT2D eigenvalue weighted by atomic mass is 9.90. The van der Waals surface area contributed by atoms with E-state index >= 15 is 0 Å². The minimum atomic E-state index is 0.152. The Balaban J connectivity index is 1.31. The van der Waals surface area contributed by atoms with Crippen molar-refractivity contribution >= 4 is 0 Å². The second kappa shape index (κ2) is 8.13. The molecular formula is C23H29N5O. The third kappa shape index (κ3) is 3.63. The maximum Gasteiger partial charge on any atom is 0.103 e. The summed E-state index contributed by atoms with van der Waals surface area (Å²) in [6.07, 6.45) is 7.50. The minimum absolute atomic E-state index is 0.152. The molecule has 0 aliphatic carbocycles. The SMILES string of the molecule is CCn1nccc1[C@@H]1OCCC[C@H]1CN1CCc2c(cnn2-c2ccccc2)C1. The van der Waals surface area contributed by atoms with Crippen molar-refractivity contribution < 1.29 is 4.74 Å². The van der Waals surface area contributed by atoms with Gasteiger partial charge in [-0.2, -0.15) is 10.2 Å². The number of ether oxygens (including phenoxy) is 1. The number of rotatable bonds is 5. The summed E-state index contributed by atoms with van der Waals surface area (Å²) in [6.45, 7) is 6.99. The summed E-state index contributed by atoms with van der Waals surface area (Å²) in [4.78, 5) is 2.58. The highest BCUT2D eigenvalue weighted by molar-refractivity contribution is 5.35. The van der Waals surface area contributed by atoms with E-state index in [4.69, 9.17) is 4.74 Å². The Morgan fingerprint density at radius 3 is 2.90 bits per heavy atom. The van der Waals surface area contributed by atoms with Gasteiger partial charge < -0.3 is 4.74 Å². The fourth-order valence-corrected chi connectivity index (χ4v) is 4.88. The summed E-state index contributed by atoms with van der Waals surface area (Å²) < 4.78 is 10.4. The molecule has 0 radical (unpaired) electrons. The third-order valence-electron chi connectivity index (χ3n) is 6.29. The summed E-state index contributed by atoms with van der Waals surface area (Å²) in [5.74, 6) is 0.511. The molecule has 2 aliphatic rings. The Kier molecular flexibility index (Phi) is 5.21. The molecule has 0 bridgehead atoms. The van der Waals surface area contributed by atoms with E-state index in [1.807, 2.05) is 12.3 Å². The molecular weight excluding hydrogens is 362 g/mol. The highest BCUT2D eigenvalue weighted by atomic mass is 16.5. The van der Waals surface area contributed by atoms with E-state index in [9.17, 15) is 0 Å². The van der Waals surface area contributed by atoms with E-state index in [2.05, 4.69) is 67.9 Å². The van der Waals surface area contributed by atoms with Gasteiger partial charge in [-0.25, -0.2) is 4.68 Å². The Bertz CT molecular complexity index is 947. The van der Waals surface area contributed by atoms with Crippen LogP contribution in [0.25, 0.3) is 5.69 Å². The quantitative estimate of drug-likeness (QED) is 0.667. The number of para-hydroxylation sites is 1. The molecule has 0 N–H and O–H groups in total. The number of fused-ring (bicyclic) bond motifs is 1. The first-order valence-electron chi connectivity index (χ1n) is 10.8. The van der Waals surface area contributed by atoms with Crippen LogP contribution in [0.2, 0.25) is 0 Å². The van der Waals surface area contributed by atoms with Gasteiger partial charge in [0.1, 0.15) is 6.10 Å². The van der Waals surface area contributed by atoms with Crippen LogP contribution in [0.4, 0.5) is 0 Å². The van der Waals surface area contributed by atoms with Crippen LogP contribution < -0.4 is 0 Å². The van der Waals surface area contributed by atoms with E-state index < -0.39 is 0 Å². The molecule has 29 heavy (non-hydrogen) atoms. The van der Waals surface area contributed by atoms with Crippen LogP contribution in [-0.2, 0) is 24.2 Å². The molecule has 6 nitrogen and oxygen atoms in total. The smallest absolute Gasteiger partial charge is 0.103 e. The van der Waals surface area contributed by atoms with Crippen molar-refractivity contribution in [2.24, 2.45) is 5.92 Å². The van der Waals surface area contributed by atoms with Crippen molar-refractivity contribution in [1.29, 1.82) is 0 Å². The summed E-state index contributed by atoms with van der Waals surface area (Å²) in [5.41, 5.74) is 5.09. The van der Waals surface area contributed by atoms with Gasteiger partial charge in [0.05, 0.1) is 17.6 Å². The molecule has 1 saturated heterocycles. The second-order valence-electron chi connectivity index (χ2n) is 8.11. The normalized spacial score (nSPS) is 22.5. The number of benzene rings is 1. The van der Waals surface area contributed by atoms with Gasteiger partial charge in [-0.15, -0.1) is 0 Å². The first-order chi connectivity index (χ1) is 14.3. The number of aromatic nitrogens is 4. The van der Waals surface area contributed by atoms with Gasteiger partial charge in [0.25, 0.3) is 0 Å². The lowest BCUT2D eigenvalue weighted by molar-refractivity contribution is -0.0448. The number of hydrogen-bond donors (Lipinski definition) is 0. The summed E-state index contributed by atoms with van der Waals surface area (Å²) in [7, 11) is 0. The summed E-state index contributed by atoms with van der Waals surface area (Å²) >= 11 is 0. The topological polar surface area (TPSA) is 48.1 Å². The summed E-state index contributed by atoms with van der Waals surface area (Å²) in [5, 5.41) is 9.15. The van der Waals surface area contributed by atoms with Gasteiger partial charge in [0, 0.05) is 62.6 Å². The van der Waals surface area contributed by atoms with Crippen LogP contribution in [0.1, 0.15) is 42.8 Å². The van der Waals surface area contributed by atoms with Crippen molar-refractivity contribution in [3.8, 4) is 5.69 Å². The fourth-order valence-electron chi connectivity index (χ4n) is 4.88. The Labute approximate surface area is 172 Å². The van der Waals surface area contributed by atoms with Crippen LogP contribution in [-0.4, -0.2) is 44.2 Å². The van der Waals surface area contributed by atoms with Gasteiger partial charge >= 0.3 is 0 Å². The molecule has 1 aromatic carbocycles. The van der Waals surface area contributed by atoms with E-state index in [-0.39, 0.29) is 6.10 Å². The van der Waals surface area contributed by atoms with E-state index in [0.29, 0.717) is 5.92 Å². The zero-order valence-corrected chi connectivity index (χ0v) is 17.1. The van der Waals surface area contributed by atoms with E-state index in [0.717, 1.165) is 51.3 Å². The molecule has 5 rings (SSSR count). The number of nitrogens with zero attached hydrogens (tertiary/aromatic N) is 5. The van der Waals surface area contributed by atoms with E-state index in [1.165, 1.54) is 23.4 Å². The first kappa shape index (κ1) is 18.6. The highest BCUT2D eigenvalue weighted by Crippen LogP contribution is 2.35. The van der Waals surface area contributed by atoms with Crippen LogP contribution in [0.3, 0.4) is 0 Å². The lowest BCUT2D eigenvalue weighted by Gasteiger charge is -2.37. The fraction of sp³-hybridized carbons (Fsp3) is 0.478. The average Bonchev–Trinajstić information content (AvgIpc) is 3.41. The molecule has 2 aliphatic heterocycles. The van der Waals surface area contributed by atoms with E-state index in [1.54, 1.807) is 0 Å². The van der Waals surface area contributed by atoms with Gasteiger partial charge in [-0.05, 0) is 38.0 Å². The Hall–Kier alpha value is -2.44. The molecule has 152 valence electrons. The van der Waals surface area contributed by atoms with Crippen molar-refractivity contribution in [3.05, 3.63) is 65.7 Å². The Morgan fingerprint density at radius 1 is 1.14 bits per heavy atom.